The summed E-state index contributed by atoms with van der Waals surface area (Å²) in [4.78, 5) is 27.4. The molecule has 1 aliphatic carbocycles. The zero-order valence-corrected chi connectivity index (χ0v) is 25.9. The van der Waals surface area contributed by atoms with E-state index in [1.807, 2.05) is 85.8 Å². The van der Waals surface area contributed by atoms with Gasteiger partial charge in [0.2, 0.25) is 0 Å². The molecule has 0 unspecified atom stereocenters. The predicted octanol–water partition coefficient (Wildman–Crippen LogP) is 3.52. The number of benzene rings is 3. The summed E-state index contributed by atoms with van der Waals surface area (Å²) in [6.07, 6.45) is -0.722. The van der Waals surface area contributed by atoms with Gasteiger partial charge in [-0.15, -0.1) is 0 Å². The minimum absolute atomic E-state index is 0.247. The lowest BCUT2D eigenvalue weighted by molar-refractivity contribution is -0.261. The number of aromatic amines is 1. The molecule has 10 nitrogen and oxygen atoms in total. The lowest BCUT2D eigenvalue weighted by atomic mass is 9.78. The zero-order chi connectivity index (χ0) is 32.1. The maximum Gasteiger partial charge on any atom is 0.330 e. The molecule has 2 fully saturated rings. The SMILES string of the molecule is COc1ccc(C(OC[C@]23O[C@@H](n4cc(C)c(=O)[nH]c4=O)[C@H]([C@H](C)[C@]2(C)O)[C@@H]3O)(c2ccccc2)c2ccc(OC)cc2)cc1. The molecule has 10 heteroatoms. The van der Waals surface area contributed by atoms with Gasteiger partial charge >= 0.3 is 5.69 Å². The summed E-state index contributed by atoms with van der Waals surface area (Å²) < 4.78 is 25.8. The Morgan fingerprint density at radius 2 is 1.44 bits per heavy atom. The third-order valence-electron chi connectivity index (χ3n) is 9.92. The molecule has 3 N–H and O–H groups in total. The van der Waals surface area contributed by atoms with Crippen LogP contribution in [0.15, 0.2) is 94.6 Å². The zero-order valence-electron chi connectivity index (χ0n) is 25.9. The van der Waals surface area contributed by atoms with Crippen LogP contribution in [0.5, 0.6) is 11.5 Å². The van der Waals surface area contributed by atoms with Gasteiger partial charge < -0.3 is 29.2 Å². The lowest BCUT2D eigenvalue weighted by Gasteiger charge is -2.47. The fourth-order valence-corrected chi connectivity index (χ4v) is 7.10. The fourth-order valence-electron chi connectivity index (χ4n) is 7.10. The van der Waals surface area contributed by atoms with Crippen molar-refractivity contribution >= 4 is 0 Å². The molecule has 2 heterocycles. The van der Waals surface area contributed by atoms with Crippen molar-refractivity contribution in [2.45, 2.75) is 49.9 Å². The minimum atomic E-state index is -1.63. The largest absolute Gasteiger partial charge is 0.497 e. The number of H-pyrrole nitrogens is 1. The van der Waals surface area contributed by atoms with Crippen molar-refractivity contribution in [2.24, 2.45) is 11.8 Å². The molecular weight excluding hydrogens is 576 g/mol. The Hall–Kier alpha value is -4.22. The molecule has 0 amide bonds. The molecule has 3 aromatic carbocycles. The van der Waals surface area contributed by atoms with Crippen LogP contribution in [0, 0.1) is 18.8 Å². The molecule has 1 saturated heterocycles. The highest BCUT2D eigenvalue weighted by molar-refractivity contribution is 5.50. The summed E-state index contributed by atoms with van der Waals surface area (Å²) in [6, 6.07) is 24.8. The topological polar surface area (TPSA) is 132 Å². The highest BCUT2D eigenvalue weighted by Crippen LogP contribution is 2.61. The van der Waals surface area contributed by atoms with Crippen LogP contribution in [0.2, 0.25) is 0 Å². The first-order chi connectivity index (χ1) is 21.5. The Kier molecular flexibility index (Phi) is 7.73. The van der Waals surface area contributed by atoms with Crippen molar-refractivity contribution in [3.8, 4) is 11.5 Å². The molecule has 45 heavy (non-hydrogen) atoms. The number of fused-ring (bicyclic) bond motifs is 2. The molecule has 4 aromatic rings. The molecule has 0 spiro atoms. The second kappa shape index (κ2) is 11.3. The van der Waals surface area contributed by atoms with Gasteiger partial charge in [0.25, 0.3) is 5.56 Å². The standard InChI is InChI=1S/C35H38N2O8/c1-21-19-37(32(40)36-30(21)39)31-28-22(2)33(3,41)34(45-31,29(28)38)20-44-35(23-9-7-6-8-10-23,24-11-15-26(42-4)16-12-24)25-13-17-27(43-5)18-14-25/h6-19,22,28-29,31,38,41H,20H2,1-5H3,(H,36,39,40)/t22-,28+,29-,31+,33-,34+/m0/s1. The van der Waals surface area contributed by atoms with E-state index in [1.165, 1.54) is 10.8 Å². The average molecular weight is 615 g/mol. The van der Waals surface area contributed by atoms with Crippen molar-refractivity contribution < 1.29 is 29.2 Å². The van der Waals surface area contributed by atoms with Crippen LogP contribution >= 0.6 is 0 Å². The van der Waals surface area contributed by atoms with E-state index in [1.54, 1.807) is 28.1 Å². The first kappa shape index (κ1) is 30.8. The number of nitrogens with zero attached hydrogens (tertiary/aromatic N) is 1. The van der Waals surface area contributed by atoms with Crippen LogP contribution < -0.4 is 20.7 Å². The Morgan fingerprint density at radius 1 is 0.911 bits per heavy atom. The van der Waals surface area contributed by atoms with Crippen LogP contribution in [0.1, 0.15) is 42.3 Å². The number of methoxy groups -OCH3 is 2. The van der Waals surface area contributed by atoms with Crippen molar-refractivity contribution in [1.29, 1.82) is 0 Å². The molecule has 0 radical (unpaired) electrons. The molecule has 6 rings (SSSR count). The normalized spacial score (nSPS) is 27.4. The van der Waals surface area contributed by atoms with Gasteiger partial charge in [-0.1, -0.05) is 61.5 Å². The highest BCUT2D eigenvalue weighted by Gasteiger charge is 2.74. The number of aliphatic hydroxyl groups excluding tert-OH is 1. The van der Waals surface area contributed by atoms with Gasteiger partial charge in [0.15, 0.2) is 0 Å². The van der Waals surface area contributed by atoms with Crippen LogP contribution in [-0.4, -0.2) is 57.9 Å². The van der Waals surface area contributed by atoms with E-state index < -0.39 is 52.2 Å². The van der Waals surface area contributed by atoms with E-state index in [9.17, 15) is 19.8 Å². The highest BCUT2D eigenvalue weighted by atomic mass is 16.6. The van der Waals surface area contributed by atoms with Crippen LogP contribution in [0.4, 0.5) is 0 Å². The first-order valence-corrected chi connectivity index (χ1v) is 14.9. The van der Waals surface area contributed by atoms with E-state index >= 15 is 0 Å². The smallest absolute Gasteiger partial charge is 0.330 e. The molecule has 1 aromatic heterocycles. The second-order valence-corrected chi connectivity index (χ2v) is 12.1. The Bertz CT molecular complexity index is 1730. The number of aliphatic hydroxyl groups is 2. The monoisotopic (exact) mass is 614 g/mol. The van der Waals surface area contributed by atoms with Gasteiger partial charge in [-0.3, -0.25) is 14.3 Å². The van der Waals surface area contributed by atoms with Gasteiger partial charge in [0.1, 0.15) is 28.9 Å². The quantitative estimate of drug-likeness (QED) is 0.244. The molecule has 2 aliphatic rings. The average Bonchev–Trinajstić information content (AvgIpc) is 3.42. The van der Waals surface area contributed by atoms with Crippen molar-refractivity contribution in [2.75, 3.05) is 20.8 Å². The van der Waals surface area contributed by atoms with Crippen LogP contribution in [0.25, 0.3) is 0 Å². The molecule has 1 saturated carbocycles. The van der Waals surface area contributed by atoms with Gasteiger partial charge in [-0.05, 0) is 60.7 Å². The summed E-state index contributed by atoms with van der Waals surface area (Å²) in [5, 5.41) is 23.9. The van der Waals surface area contributed by atoms with Gasteiger partial charge in [-0.25, -0.2) is 4.79 Å². The Morgan fingerprint density at radius 3 is 1.98 bits per heavy atom. The summed E-state index contributed by atoms with van der Waals surface area (Å²) >= 11 is 0. The summed E-state index contributed by atoms with van der Waals surface area (Å²) in [7, 11) is 3.20. The number of aryl methyl sites for hydroxylation is 1. The number of ether oxygens (including phenoxy) is 4. The van der Waals surface area contributed by atoms with E-state index in [4.69, 9.17) is 18.9 Å². The van der Waals surface area contributed by atoms with E-state index in [0.29, 0.717) is 17.1 Å². The molecule has 1 aliphatic heterocycles. The molecular formula is C35H38N2O8. The Labute approximate surface area is 260 Å². The maximum atomic E-state index is 12.9. The Balaban J connectivity index is 1.51. The van der Waals surface area contributed by atoms with Gasteiger partial charge in [0.05, 0.1) is 32.5 Å². The molecule has 6 atom stereocenters. The molecule has 2 bridgehead atoms. The number of nitrogens with one attached hydrogen (secondary N) is 1. The number of hydrogen-bond donors (Lipinski definition) is 3. The van der Waals surface area contributed by atoms with E-state index in [0.717, 1.165) is 16.7 Å². The number of rotatable bonds is 9. The second-order valence-electron chi connectivity index (χ2n) is 12.1. The molecule has 236 valence electrons. The predicted molar refractivity (Wildman–Crippen MR) is 166 cm³/mol. The third-order valence-corrected chi connectivity index (χ3v) is 9.92. The van der Waals surface area contributed by atoms with Crippen molar-refractivity contribution in [3.05, 3.63) is 128 Å². The number of aromatic nitrogens is 2. The van der Waals surface area contributed by atoms with Gasteiger partial charge in [-0.2, -0.15) is 0 Å². The summed E-state index contributed by atoms with van der Waals surface area (Å²) in [5.74, 6) is 0.175. The minimum Gasteiger partial charge on any atom is -0.497 e. The van der Waals surface area contributed by atoms with Crippen molar-refractivity contribution in [3.63, 3.8) is 0 Å². The number of hydrogen-bond acceptors (Lipinski definition) is 8. The van der Waals surface area contributed by atoms with E-state index in [2.05, 4.69) is 4.98 Å². The van der Waals surface area contributed by atoms with Crippen LogP contribution in [-0.2, 0) is 15.1 Å². The van der Waals surface area contributed by atoms with Crippen molar-refractivity contribution in [1.82, 2.24) is 9.55 Å². The van der Waals surface area contributed by atoms with Crippen LogP contribution in [0.3, 0.4) is 0 Å². The summed E-state index contributed by atoms with van der Waals surface area (Å²) in [5.41, 5.74) is -2.90. The lowest BCUT2D eigenvalue weighted by Crippen LogP contribution is -2.61. The fraction of sp³-hybridized carbons (Fsp3) is 0.371. The van der Waals surface area contributed by atoms with Gasteiger partial charge in [0, 0.05) is 17.7 Å². The first-order valence-electron chi connectivity index (χ1n) is 14.9. The summed E-state index contributed by atoms with van der Waals surface area (Å²) in [6.45, 7) is 4.80. The maximum absolute atomic E-state index is 12.9. The van der Waals surface area contributed by atoms with E-state index in [-0.39, 0.29) is 6.61 Å². The third kappa shape index (κ3) is 4.63.